The van der Waals surface area contributed by atoms with Crippen molar-refractivity contribution in [3.05, 3.63) is 124 Å². The van der Waals surface area contributed by atoms with Gasteiger partial charge in [-0.15, -0.1) is 0 Å². The van der Waals surface area contributed by atoms with Gasteiger partial charge in [-0.25, -0.2) is 4.68 Å². The molecule has 8 nitrogen and oxygen atoms in total. The van der Waals surface area contributed by atoms with Crippen molar-refractivity contribution < 1.29 is 0 Å². The van der Waals surface area contributed by atoms with Crippen LogP contribution in [-0.4, -0.2) is 20.7 Å². The summed E-state index contributed by atoms with van der Waals surface area (Å²) in [6, 6.07) is 31.9. The molecule has 2 heterocycles. The summed E-state index contributed by atoms with van der Waals surface area (Å²) in [6.07, 6.45) is 3.24. The summed E-state index contributed by atoms with van der Waals surface area (Å²) in [4.78, 5) is 13.3. The van der Waals surface area contributed by atoms with Gasteiger partial charge in [-0.05, 0) is 17.7 Å². The molecular weight excluding hydrogens is 462 g/mol. The summed E-state index contributed by atoms with van der Waals surface area (Å²) in [5.41, 5.74) is 9.04. The number of aromatic nitrogens is 3. The Kier molecular flexibility index (Phi) is 6.14. The van der Waals surface area contributed by atoms with Crippen LogP contribution in [-0.2, 0) is 0 Å². The molecule has 0 radical (unpaired) electrons. The third kappa shape index (κ3) is 4.27. The molecule has 37 heavy (non-hydrogen) atoms. The molecule has 2 aromatic heterocycles. The fourth-order valence-corrected chi connectivity index (χ4v) is 4.04. The maximum Gasteiger partial charge on any atom is 0.291 e. The lowest BCUT2D eigenvalue weighted by molar-refractivity contribution is 0.841. The number of anilines is 1. The van der Waals surface area contributed by atoms with E-state index in [-0.39, 0.29) is 22.5 Å². The fourth-order valence-electron chi connectivity index (χ4n) is 4.04. The van der Waals surface area contributed by atoms with Crippen molar-refractivity contribution in [2.45, 2.75) is 0 Å². The van der Waals surface area contributed by atoms with Crippen LogP contribution in [0.2, 0.25) is 0 Å². The number of nitriles is 2. The predicted octanol–water partition coefficient (Wildman–Crippen LogP) is 4.58. The molecule has 0 unspecified atom stereocenters. The molecule has 0 aliphatic heterocycles. The first-order valence-corrected chi connectivity index (χ1v) is 11.3. The second-order valence-electron chi connectivity index (χ2n) is 8.04. The van der Waals surface area contributed by atoms with E-state index in [0.717, 1.165) is 15.9 Å². The highest BCUT2D eigenvalue weighted by molar-refractivity contribution is 5.89. The van der Waals surface area contributed by atoms with E-state index < -0.39 is 5.56 Å². The Bertz CT molecular complexity index is 1760. The third-order valence-corrected chi connectivity index (χ3v) is 5.80. The number of para-hydroxylation sites is 1. The van der Waals surface area contributed by atoms with Crippen LogP contribution >= 0.6 is 0 Å². The van der Waals surface area contributed by atoms with Crippen molar-refractivity contribution in [3.63, 3.8) is 0 Å². The molecular formula is C29H19N7O. The maximum atomic E-state index is 13.3. The number of nitrogen functional groups attached to an aromatic ring is 1. The van der Waals surface area contributed by atoms with Gasteiger partial charge >= 0.3 is 0 Å². The highest BCUT2D eigenvalue weighted by atomic mass is 16.1. The summed E-state index contributed by atoms with van der Waals surface area (Å²) in [5, 5.41) is 28.8. The summed E-state index contributed by atoms with van der Waals surface area (Å²) < 4.78 is 2.61. The highest BCUT2D eigenvalue weighted by Gasteiger charge is 2.22. The number of nitrogens with two attached hydrogens (primary N) is 1. The Morgan fingerprint density at radius 1 is 0.811 bits per heavy atom. The van der Waals surface area contributed by atoms with Gasteiger partial charge in [0, 0.05) is 22.9 Å². The van der Waals surface area contributed by atoms with Gasteiger partial charge in [0.2, 0.25) is 0 Å². The van der Waals surface area contributed by atoms with Crippen LogP contribution in [0, 0.1) is 22.7 Å². The summed E-state index contributed by atoms with van der Waals surface area (Å²) in [5.74, 6) is -0.154. The van der Waals surface area contributed by atoms with Gasteiger partial charge in [-0.2, -0.15) is 25.4 Å². The zero-order chi connectivity index (χ0) is 25.8. The van der Waals surface area contributed by atoms with Crippen LogP contribution in [0.4, 0.5) is 5.82 Å². The topological polar surface area (TPSA) is 126 Å². The van der Waals surface area contributed by atoms with Crippen molar-refractivity contribution in [1.82, 2.24) is 14.5 Å². The number of rotatable bonds is 5. The molecule has 0 aliphatic rings. The Morgan fingerprint density at radius 2 is 1.38 bits per heavy atom. The highest BCUT2D eigenvalue weighted by Crippen LogP contribution is 2.29. The van der Waals surface area contributed by atoms with E-state index in [2.05, 4.69) is 5.10 Å². The van der Waals surface area contributed by atoms with E-state index in [9.17, 15) is 15.3 Å². The van der Waals surface area contributed by atoms with Crippen LogP contribution in [0.1, 0.15) is 16.7 Å². The Morgan fingerprint density at radius 3 is 1.97 bits per heavy atom. The second kappa shape index (κ2) is 9.87. The van der Waals surface area contributed by atoms with Gasteiger partial charge in [0.05, 0.1) is 11.9 Å². The van der Waals surface area contributed by atoms with E-state index in [1.807, 2.05) is 72.8 Å². The summed E-state index contributed by atoms with van der Waals surface area (Å²) >= 11 is 0. The smallest absolute Gasteiger partial charge is 0.291 e. The van der Waals surface area contributed by atoms with Gasteiger partial charge < -0.3 is 5.73 Å². The van der Waals surface area contributed by atoms with Gasteiger partial charge in [0.1, 0.15) is 34.8 Å². The molecule has 0 atom stereocenters. The Balaban J connectivity index is 1.68. The van der Waals surface area contributed by atoms with Gasteiger partial charge in [0.25, 0.3) is 5.56 Å². The molecule has 0 saturated carbocycles. The first-order chi connectivity index (χ1) is 18.1. The average Bonchev–Trinajstić information content (AvgIpc) is 3.38. The number of hydrogen-bond acceptors (Lipinski definition) is 6. The quantitative estimate of drug-likeness (QED) is 0.368. The fraction of sp³-hybridized carbons (Fsp3) is 0. The minimum absolute atomic E-state index is 0.00256. The second-order valence-corrected chi connectivity index (χ2v) is 8.04. The van der Waals surface area contributed by atoms with Crippen molar-refractivity contribution in [2.24, 2.45) is 5.10 Å². The van der Waals surface area contributed by atoms with Gasteiger partial charge in [-0.3, -0.25) is 4.79 Å². The number of pyridine rings is 1. The molecule has 0 amide bonds. The van der Waals surface area contributed by atoms with Crippen molar-refractivity contribution >= 4 is 12.0 Å². The first-order valence-electron chi connectivity index (χ1n) is 11.3. The molecule has 3 aromatic carbocycles. The molecule has 0 spiro atoms. The maximum absolute atomic E-state index is 13.3. The van der Waals surface area contributed by atoms with Crippen molar-refractivity contribution in [3.8, 4) is 40.2 Å². The molecule has 8 heteroatoms. The van der Waals surface area contributed by atoms with E-state index in [1.165, 1.54) is 6.21 Å². The molecule has 0 fully saturated rings. The third-order valence-electron chi connectivity index (χ3n) is 5.80. The van der Waals surface area contributed by atoms with Crippen LogP contribution in [0.15, 0.2) is 107 Å². The molecule has 5 rings (SSSR count). The lowest BCUT2D eigenvalue weighted by Crippen LogP contribution is -2.25. The standard InChI is InChI=1S/C29H19N7O/c30-16-24-26(20-10-4-1-5-11-20)25(17-31)29(37)36(28(24)32)33-18-22-19-35(23-14-8-3-9-15-23)34-27(22)21-12-6-2-7-13-21/h1-15,18-19H,32H2/b33-18+. The van der Waals surface area contributed by atoms with E-state index in [0.29, 0.717) is 16.8 Å². The SMILES string of the molecule is N#Cc1c(-c2ccccc2)c(C#N)c(=O)n(/N=C/c2cn(-c3ccccc3)nc2-c2ccccc2)c1N. The lowest BCUT2D eigenvalue weighted by atomic mass is 9.97. The zero-order valence-corrected chi connectivity index (χ0v) is 19.5. The number of hydrogen-bond donors (Lipinski definition) is 1. The van der Waals surface area contributed by atoms with E-state index >= 15 is 0 Å². The van der Waals surface area contributed by atoms with Gasteiger partial charge in [-0.1, -0.05) is 78.9 Å². The summed E-state index contributed by atoms with van der Waals surface area (Å²) in [7, 11) is 0. The van der Waals surface area contributed by atoms with Crippen LogP contribution in [0.3, 0.4) is 0 Å². The first kappa shape index (κ1) is 23.0. The lowest BCUT2D eigenvalue weighted by Gasteiger charge is -2.12. The van der Waals surface area contributed by atoms with Crippen LogP contribution in [0.5, 0.6) is 0 Å². The van der Waals surface area contributed by atoms with E-state index in [1.54, 1.807) is 41.2 Å². The van der Waals surface area contributed by atoms with Crippen molar-refractivity contribution in [2.75, 3.05) is 5.73 Å². The molecule has 5 aromatic rings. The molecule has 2 N–H and O–H groups in total. The Labute approximate surface area is 212 Å². The van der Waals surface area contributed by atoms with Crippen LogP contribution in [0.25, 0.3) is 28.1 Å². The van der Waals surface area contributed by atoms with Crippen LogP contribution < -0.4 is 11.3 Å². The minimum Gasteiger partial charge on any atom is -0.382 e. The minimum atomic E-state index is -0.717. The number of nitrogens with zero attached hydrogens (tertiary/aromatic N) is 6. The summed E-state index contributed by atoms with van der Waals surface area (Å²) in [6.45, 7) is 0. The zero-order valence-electron chi connectivity index (χ0n) is 19.5. The largest absolute Gasteiger partial charge is 0.382 e. The number of benzene rings is 3. The monoisotopic (exact) mass is 481 g/mol. The van der Waals surface area contributed by atoms with Gasteiger partial charge in [0.15, 0.2) is 0 Å². The molecule has 0 saturated heterocycles. The molecule has 176 valence electrons. The average molecular weight is 482 g/mol. The normalized spacial score (nSPS) is 10.8. The molecule has 0 bridgehead atoms. The predicted molar refractivity (Wildman–Crippen MR) is 142 cm³/mol. The van der Waals surface area contributed by atoms with E-state index in [4.69, 9.17) is 10.8 Å². The van der Waals surface area contributed by atoms with Crippen molar-refractivity contribution in [1.29, 1.82) is 10.5 Å². The molecule has 0 aliphatic carbocycles. The Hall–Kier alpha value is -5.73.